The molecule has 0 unspecified atom stereocenters. The van der Waals surface area contributed by atoms with Gasteiger partial charge in [-0.15, -0.1) is 0 Å². The highest BCUT2D eigenvalue weighted by Crippen LogP contribution is 2.35. The second kappa shape index (κ2) is 6.47. The van der Waals surface area contributed by atoms with Crippen LogP contribution < -0.4 is 4.90 Å². The van der Waals surface area contributed by atoms with Crippen LogP contribution in [0.4, 0.5) is 11.4 Å². The van der Waals surface area contributed by atoms with E-state index in [0.717, 1.165) is 25.2 Å². The van der Waals surface area contributed by atoms with Crippen molar-refractivity contribution in [3.63, 3.8) is 0 Å². The van der Waals surface area contributed by atoms with Crippen molar-refractivity contribution in [1.29, 1.82) is 0 Å². The molecular weight excluding hydrogens is 344 g/mol. The average Bonchev–Trinajstić information content (AvgIpc) is 2.99. The van der Waals surface area contributed by atoms with E-state index in [9.17, 15) is 18.5 Å². The van der Waals surface area contributed by atoms with Gasteiger partial charge < -0.3 is 4.90 Å². The van der Waals surface area contributed by atoms with Gasteiger partial charge in [0.1, 0.15) is 5.69 Å². The van der Waals surface area contributed by atoms with Crippen molar-refractivity contribution in [3.8, 4) is 0 Å². The number of hydrogen-bond donors (Lipinski definition) is 0. The molecule has 0 saturated carbocycles. The normalized spacial score (nSPS) is 16.2. The van der Waals surface area contributed by atoms with Gasteiger partial charge in [0.2, 0.25) is 0 Å². The molecule has 1 fully saturated rings. The van der Waals surface area contributed by atoms with Gasteiger partial charge in [0.25, 0.3) is 5.69 Å². The van der Waals surface area contributed by atoms with Crippen LogP contribution in [0.5, 0.6) is 0 Å². The molecule has 0 radical (unpaired) electrons. The maximum atomic E-state index is 11.7. The van der Waals surface area contributed by atoms with Gasteiger partial charge >= 0.3 is 0 Å². The van der Waals surface area contributed by atoms with Crippen LogP contribution >= 0.6 is 0 Å². The number of hydrogen-bond acceptors (Lipinski definition) is 6. The first-order chi connectivity index (χ1) is 11.8. The van der Waals surface area contributed by atoms with Gasteiger partial charge in [-0.05, 0) is 31.0 Å². The standard InChI is InChI=1S/C16H20N4O4S/c1-18-14(5-8-17-18)12-6-9-19(10-7-12)15-4-3-13(25(2,23)24)11-16(15)20(21)22/h3-5,8,11-12H,6-7,9-10H2,1-2H3. The number of nitro benzene ring substituents is 1. The highest BCUT2D eigenvalue weighted by atomic mass is 32.2. The Balaban J connectivity index is 1.83. The molecule has 0 N–H and O–H groups in total. The number of aromatic nitrogens is 2. The Bertz CT molecular complexity index is 899. The summed E-state index contributed by atoms with van der Waals surface area (Å²) in [6.07, 6.45) is 4.55. The number of nitro groups is 1. The van der Waals surface area contributed by atoms with Gasteiger partial charge in [0.15, 0.2) is 9.84 Å². The number of sulfone groups is 1. The number of aryl methyl sites for hydroxylation is 1. The van der Waals surface area contributed by atoms with E-state index < -0.39 is 14.8 Å². The molecule has 1 saturated heterocycles. The van der Waals surface area contributed by atoms with Crippen molar-refractivity contribution < 1.29 is 13.3 Å². The van der Waals surface area contributed by atoms with Crippen molar-refractivity contribution >= 4 is 21.2 Å². The molecule has 9 heteroatoms. The van der Waals surface area contributed by atoms with Gasteiger partial charge in [-0.25, -0.2) is 8.42 Å². The third kappa shape index (κ3) is 3.51. The van der Waals surface area contributed by atoms with Crippen LogP contribution in [0.25, 0.3) is 0 Å². The zero-order valence-corrected chi connectivity index (χ0v) is 14.9. The van der Waals surface area contributed by atoms with E-state index in [2.05, 4.69) is 5.10 Å². The summed E-state index contributed by atoms with van der Waals surface area (Å²) in [4.78, 5) is 12.8. The first-order valence-electron chi connectivity index (χ1n) is 7.98. The molecular formula is C16H20N4O4S. The maximum absolute atomic E-state index is 11.7. The fraction of sp³-hybridized carbons (Fsp3) is 0.438. The summed E-state index contributed by atoms with van der Waals surface area (Å²) < 4.78 is 25.2. The molecule has 1 aliphatic heterocycles. The molecule has 1 aromatic heterocycles. The smallest absolute Gasteiger partial charge is 0.293 e. The largest absolute Gasteiger partial charge is 0.366 e. The molecule has 0 amide bonds. The molecule has 2 heterocycles. The molecule has 1 aliphatic rings. The maximum Gasteiger partial charge on any atom is 0.293 e. The van der Waals surface area contributed by atoms with Crippen LogP contribution in [0, 0.1) is 10.1 Å². The predicted molar refractivity (Wildman–Crippen MR) is 93.6 cm³/mol. The zero-order chi connectivity index (χ0) is 18.2. The molecule has 0 atom stereocenters. The first kappa shape index (κ1) is 17.4. The SMILES string of the molecule is Cn1nccc1C1CCN(c2ccc(S(C)(=O)=O)cc2[N+](=O)[O-])CC1. The third-order valence-corrected chi connectivity index (χ3v) is 5.79. The van der Waals surface area contributed by atoms with Crippen LogP contribution in [0.3, 0.4) is 0 Å². The molecule has 134 valence electrons. The van der Waals surface area contributed by atoms with E-state index in [-0.39, 0.29) is 10.6 Å². The predicted octanol–water partition coefficient (Wildman–Crippen LogP) is 2.12. The van der Waals surface area contributed by atoms with E-state index in [1.807, 2.05) is 22.7 Å². The van der Waals surface area contributed by atoms with Crippen LogP contribution in [0.2, 0.25) is 0 Å². The summed E-state index contributed by atoms with van der Waals surface area (Å²) in [7, 11) is -1.57. The monoisotopic (exact) mass is 364 g/mol. The lowest BCUT2D eigenvalue weighted by Gasteiger charge is -2.33. The van der Waals surface area contributed by atoms with E-state index in [1.54, 1.807) is 12.3 Å². The molecule has 3 rings (SSSR count). The summed E-state index contributed by atoms with van der Waals surface area (Å²) in [5.41, 5.74) is 1.48. The van der Waals surface area contributed by atoms with Crippen LogP contribution in [-0.2, 0) is 16.9 Å². The van der Waals surface area contributed by atoms with E-state index in [1.165, 1.54) is 11.8 Å². The summed E-state index contributed by atoms with van der Waals surface area (Å²) in [6.45, 7) is 1.35. The van der Waals surface area contributed by atoms with Crippen molar-refractivity contribution in [2.75, 3.05) is 24.2 Å². The van der Waals surface area contributed by atoms with E-state index in [0.29, 0.717) is 24.7 Å². The molecule has 2 aromatic rings. The third-order valence-electron chi connectivity index (χ3n) is 4.68. The Labute approximate surface area is 146 Å². The van der Waals surface area contributed by atoms with Crippen molar-refractivity contribution in [1.82, 2.24) is 9.78 Å². The molecule has 25 heavy (non-hydrogen) atoms. The van der Waals surface area contributed by atoms with Crippen LogP contribution in [0.15, 0.2) is 35.4 Å². The summed E-state index contributed by atoms with van der Waals surface area (Å²) >= 11 is 0. The summed E-state index contributed by atoms with van der Waals surface area (Å²) in [5, 5.41) is 15.6. The summed E-state index contributed by atoms with van der Waals surface area (Å²) in [6, 6.07) is 6.13. The van der Waals surface area contributed by atoms with Gasteiger partial charge in [-0.3, -0.25) is 14.8 Å². The second-order valence-corrected chi connectivity index (χ2v) is 8.34. The van der Waals surface area contributed by atoms with Gasteiger partial charge in [0, 0.05) is 50.3 Å². The van der Waals surface area contributed by atoms with E-state index in [4.69, 9.17) is 0 Å². The second-order valence-electron chi connectivity index (χ2n) is 6.32. The number of nitrogens with zero attached hydrogens (tertiary/aromatic N) is 4. The molecule has 1 aromatic carbocycles. The minimum atomic E-state index is -3.48. The number of anilines is 1. The highest BCUT2D eigenvalue weighted by molar-refractivity contribution is 7.90. The number of piperidine rings is 1. The Morgan fingerprint density at radius 3 is 2.44 bits per heavy atom. The Hall–Kier alpha value is -2.42. The van der Waals surface area contributed by atoms with Crippen molar-refractivity contribution in [2.45, 2.75) is 23.7 Å². The van der Waals surface area contributed by atoms with E-state index >= 15 is 0 Å². The molecule has 0 spiro atoms. The van der Waals surface area contributed by atoms with Crippen LogP contribution in [-0.4, -0.2) is 42.5 Å². The average molecular weight is 364 g/mol. The van der Waals surface area contributed by atoms with Gasteiger partial charge in [0.05, 0.1) is 9.82 Å². The Morgan fingerprint density at radius 1 is 1.24 bits per heavy atom. The fourth-order valence-electron chi connectivity index (χ4n) is 3.35. The fourth-order valence-corrected chi connectivity index (χ4v) is 3.99. The minimum Gasteiger partial charge on any atom is -0.366 e. The lowest BCUT2D eigenvalue weighted by atomic mass is 9.93. The Kier molecular flexibility index (Phi) is 4.51. The topological polar surface area (TPSA) is 98.3 Å². The van der Waals surface area contributed by atoms with Gasteiger partial charge in [-0.2, -0.15) is 5.10 Å². The quantitative estimate of drug-likeness (QED) is 0.609. The Morgan fingerprint density at radius 2 is 1.92 bits per heavy atom. The lowest BCUT2D eigenvalue weighted by molar-refractivity contribution is -0.384. The highest BCUT2D eigenvalue weighted by Gasteiger charge is 2.27. The molecule has 0 bridgehead atoms. The van der Waals surface area contributed by atoms with Crippen molar-refractivity contribution in [3.05, 3.63) is 46.3 Å². The van der Waals surface area contributed by atoms with Crippen LogP contribution in [0.1, 0.15) is 24.5 Å². The number of benzene rings is 1. The lowest BCUT2D eigenvalue weighted by Crippen LogP contribution is -2.33. The van der Waals surface area contributed by atoms with Gasteiger partial charge in [-0.1, -0.05) is 0 Å². The molecule has 0 aliphatic carbocycles. The minimum absolute atomic E-state index is 0.0345. The number of rotatable bonds is 4. The first-order valence-corrected chi connectivity index (χ1v) is 9.88. The van der Waals surface area contributed by atoms with Crippen molar-refractivity contribution in [2.24, 2.45) is 7.05 Å². The summed E-state index contributed by atoms with van der Waals surface area (Å²) in [5.74, 6) is 0.373. The molecule has 8 nitrogen and oxygen atoms in total. The zero-order valence-electron chi connectivity index (χ0n) is 14.1.